The normalized spacial score (nSPS) is 11.1. The molecule has 0 aliphatic heterocycles. The second-order valence-corrected chi connectivity index (χ2v) is 3.81. The highest BCUT2D eigenvalue weighted by Crippen LogP contribution is 2.20. The van der Waals surface area contributed by atoms with E-state index in [0.717, 1.165) is 5.57 Å². The molecule has 0 atom stereocenters. The summed E-state index contributed by atoms with van der Waals surface area (Å²) in [5, 5.41) is 0. The highest BCUT2D eigenvalue weighted by atomic mass is 14.1. The van der Waals surface area contributed by atoms with Crippen LogP contribution in [0.25, 0.3) is 5.57 Å². The van der Waals surface area contributed by atoms with Gasteiger partial charge in [0.25, 0.3) is 0 Å². The lowest BCUT2D eigenvalue weighted by molar-refractivity contribution is 0.866. The molecule has 0 bridgehead atoms. The molecule has 1 aromatic carbocycles. The van der Waals surface area contributed by atoms with Gasteiger partial charge in [0.05, 0.1) is 0 Å². The van der Waals surface area contributed by atoms with E-state index >= 15 is 0 Å². The molecule has 0 unspecified atom stereocenters. The predicted octanol–water partition coefficient (Wildman–Crippen LogP) is 4.40. The van der Waals surface area contributed by atoms with Gasteiger partial charge in [-0.1, -0.05) is 56.8 Å². The van der Waals surface area contributed by atoms with E-state index in [1.807, 2.05) is 19.1 Å². The van der Waals surface area contributed by atoms with Gasteiger partial charge in [0.15, 0.2) is 0 Å². The molecule has 0 spiro atoms. The highest BCUT2D eigenvalue weighted by molar-refractivity contribution is 5.72. The van der Waals surface area contributed by atoms with Crippen LogP contribution >= 0.6 is 0 Å². The van der Waals surface area contributed by atoms with Gasteiger partial charge >= 0.3 is 0 Å². The quantitative estimate of drug-likeness (QED) is 0.614. The van der Waals surface area contributed by atoms with Crippen LogP contribution in [-0.2, 0) is 0 Å². The van der Waals surface area contributed by atoms with E-state index in [-0.39, 0.29) is 0 Å². The Balaban J connectivity index is 2.99. The Morgan fingerprint density at radius 1 is 1.36 bits per heavy atom. The summed E-state index contributed by atoms with van der Waals surface area (Å²) in [6, 6.07) is 8.58. The Labute approximate surface area is 87.0 Å². The van der Waals surface area contributed by atoms with E-state index in [1.54, 1.807) is 0 Å². The van der Waals surface area contributed by atoms with Gasteiger partial charge in [0, 0.05) is 0 Å². The molecule has 0 nitrogen and oxygen atoms in total. The fraction of sp³-hybridized carbons (Fsp3) is 0.286. The third kappa shape index (κ3) is 2.59. The summed E-state index contributed by atoms with van der Waals surface area (Å²) in [6.07, 6.45) is 4.06. The zero-order valence-corrected chi connectivity index (χ0v) is 9.25. The number of hydrogen-bond donors (Lipinski definition) is 0. The van der Waals surface area contributed by atoms with Crippen molar-refractivity contribution < 1.29 is 0 Å². The molecular weight excluding hydrogens is 168 g/mol. The van der Waals surface area contributed by atoms with Crippen molar-refractivity contribution in [3.63, 3.8) is 0 Å². The topological polar surface area (TPSA) is 0 Å². The molecule has 0 heterocycles. The Bertz CT molecular complexity index is 343. The van der Waals surface area contributed by atoms with Crippen molar-refractivity contribution in [3.05, 3.63) is 54.1 Å². The average Bonchev–Trinajstić information content (AvgIpc) is 2.18. The van der Waals surface area contributed by atoms with Crippen LogP contribution in [0, 0.1) is 0 Å². The van der Waals surface area contributed by atoms with Gasteiger partial charge in [0.1, 0.15) is 0 Å². The largest absolute Gasteiger partial charge is 0.0912 e. The first-order chi connectivity index (χ1) is 6.65. The van der Waals surface area contributed by atoms with Gasteiger partial charge < -0.3 is 0 Å². The molecule has 14 heavy (non-hydrogen) atoms. The lowest BCUT2D eigenvalue weighted by Crippen LogP contribution is -1.88. The molecule has 1 rings (SSSR count). The average molecular weight is 186 g/mol. The van der Waals surface area contributed by atoms with Crippen molar-refractivity contribution in [3.8, 4) is 0 Å². The van der Waals surface area contributed by atoms with Gasteiger partial charge in [-0.15, -0.1) is 0 Å². The van der Waals surface area contributed by atoms with Gasteiger partial charge in [-0.25, -0.2) is 0 Å². The summed E-state index contributed by atoms with van der Waals surface area (Å²) >= 11 is 0. The van der Waals surface area contributed by atoms with Gasteiger partial charge in [0.2, 0.25) is 0 Å². The maximum atomic E-state index is 4.03. The highest BCUT2D eigenvalue weighted by Gasteiger charge is 2.00. The fourth-order valence-corrected chi connectivity index (χ4v) is 1.39. The van der Waals surface area contributed by atoms with E-state index in [2.05, 4.69) is 44.7 Å². The monoisotopic (exact) mass is 186 g/mol. The van der Waals surface area contributed by atoms with Gasteiger partial charge in [-0.05, 0) is 29.5 Å². The van der Waals surface area contributed by atoms with Crippen LogP contribution in [0.5, 0.6) is 0 Å². The predicted molar refractivity (Wildman–Crippen MR) is 64.4 cm³/mol. The summed E-state index contributed by atoms with van der Waals surface area (Å²) in [6.45, 7) is 10.5. The van der Waals surface area contributed by atoms with Gasteiger partial charge in [-0.2, -0.15) is 0 Å². The summed E-state index contributed by atoms with van der Waals surface area (Å²) < 4.78 is 0. The van der Waals surface area contributed by atoms with Gasteiger partial charge in [-0.3, -0.25) is 0 Å². The number of rotatable bonds is 3. The van der Waals surface area contributed by atoms with Crippen LogP contribution in [0.2, 0.25) is 0 Å². The SMILES string of the molecule is C=C(/C=C\C)c1cccc(C(C)C)c1. The van der Waals surface area contributed by atoms with Crippen molar-refractivity contribution in [1.29, 1.82) is 0 Å². The molecule has 0 amide bonds. The summed E-state index contributed by atoms with van der Waals surface area (Å²) in [5.41, 5.74) is 3.66. The molecule has 0 aliphatic rings. The van der Waals surface area contributed by atoms with E-state index in [1.165, 1.54) is 11.1 Å². The number of benzene rings is 1. The third-order valence-corrected chi connectivity index (χ3v) is 2.29. The first kappa shape index (κ1) is 10.8. The minimum atomic E-state index is 0.577. The van der Waals surface area contributed by atoms with Crippen molar-refractivity contribution in [2.45, 2.75) is 26.7 Å². The summed E-state index contributed by atoms with van der Waals surface area (Å²) in [4.78, 5) is 0. The molecule has 0 saturated heterocycles. The van der Waals surface area contributed by atoms with Crippen LogP contribution in [0.3, 0.4) is 0 Å². The van der Waals surface area contributed by atoms with Crippen LogP contribution in [0.1, 0.15) is 37.8 Å². The Morgan fingerprint density at radius 2 is 2.07 bits per heavy atom. The number of allylic oxidation sites excluding steroid dienone is 3. The first-order valence-electron chi connectivity index (χ1n) is 5.07. The van der Waals surface area contributed by atoms with E-state index < -0.39 is 0 Å². The van der Waals surface area contributed by atoms with E-state index in [4.69, 9.17) is 0 Å². The van der Waals surface area contributed by atoms with Crippen LogP contribution in [-0.4, -0.2) is 0 Å². The maximum Gasteiger partial charge on any atom is -0.0187 e. The fourth-order valence-electron chi connectivity index (χ4n) is 1.39. The molecule has 0 fully saturated rings. The van der Waals surface area contributed by atoms with E-state index in [0.29, 0.717) is 5.92 Å². The summed E-state index contributed by atoms with van der Waals surface area (Å²) in [5.74, 6) is 0.577. The van der Waals surface area contributed by atoms with Crippen molar-refractivity contribution in [2.75, 3.05) is 0 Å². The lowest BCUT2D eigenvalue weighted by Gasteiger charge is -2.07. The third-order valence-electron chi connectivity index (χ3n) is 2.29. The van der Waals surface area contributed by atoms with Crippen molar-refractivity contribution in [2.24, 2.45) is 0 Å². The molecule has 0 aromatic heterocycles. The molecule has 0 aliphatic carbocycles. The minimum Gasteiger partial charge on any atom is -0.0912 e. The van der Waals surface area contributed by atoms with Crippen LogP contribution in [0.15, 0.2) is 43.0 Å². The smallest absolute Gasteiger partial charge is 0.0187 e. The Morgan fingerprint density at radius 3 is 2.64 bits per heavy atom. The molecule has 0 N–H and O–H groups in total. The lowest BCUT2D eigenvalue weighted by atomic mass is 9.98. The molecule has 0 saturated carbocycles. The summed E-state index contributed by atoms with van der Waals surface area (Å²) in [7, 11) is 0. The number of hydrogen-bond acceptors (Lipinski definition) is 0. The Kier molecular flexibility index (Phi) is 3.70. The molecular formula is C14H18. The van der Waals surface area contributed by atoms with Crippen molar-refractivity contribution >= 4 is 5.57 Å². The van der Waals surface area contributed by atoms with Crippen LogP contribution in [0.4, 0.5) is 0 Å². The minimum absolute atomic E-state index is 0.577. The van der Waals surface area contributed by atoms with E-state index in [9.17, 15) is 0 Å². The molecule has 74 valence electrons. The Hall–Kier alpha value is -1.30. The molecule has 0 radical (unpaired) electrons. The zero-order chi connectivity index (χ0) is 10.6. The van der Waals surface area contributed by atoms with Crippen molar-refractivity contribution in [1.82, 2.24) is 0 Å². The van der Waals surface area contributed by atoms with Crippen LogP contribution < -0.4 is 0 Å². The zero-order valence-electron chi connectivity index (χ0n) is 9.25. The molecule has 0 heteroatoms. The first-order valence-corrected chi connectivity index (χ1v) is 5.07. The maximum absolute atomic E-state index is 4.03. The second kappa shape index (κ2) is 4.80. The second-order valence-electron chi connectivity index (χ2n) is 3.81. The standard InChI is InChI=1S/C14H18/c1-5-7-12(4)14-9-6-8-13(10-14)11(2)3/h5-11H,4H2,1-3H3/b7-5-. The molecule has 1 aromatic rings.